The van der Waals surface area contributed by atoms with E-state index in [0.29, 0.717) is 12.1 Å². The van der Waals surface area contributed by atoms with Gasteiger partial charge in [-0.15, -0.1) is 0 Å². The number of nitrogens with zero attached hydrogens (tertiary/aromatic N) is 2. The Bertz CT molecular complexity index is 413. The summed E-state index contributed by atoms with van der Waals surface area (Å²) in [4.78, 5) is 1.98. The molecule has 0 amide bonds. The van der Waals surface area contributed by atoms with E-state index in [4.69, 9.17) is 5.26 Å². The molecule has 0 unspecified atom stereocenters. The molecule has 0 aliphatic carbocycles. The fraction of sp³-hybridized carbons (Fsp3) is 0.462. The van der Waals surface area contributed by atoms with Crippen molar-refractivity contribution in [3.63, 3.8) is 0 Å². The maximum atomic E-state index is 9.73. The van der Waals surface area contributed by atoms with Crippen molar-refractivity contribution in [3.05, 3.63) is 29.3 Å². The lowest BCUT2D eigenvalue weighted by Gasteiger charge is -2.27. The van der Waals surface area contributed by atoms with E-state index in [1.807, 2.05) is 37.1 Å². The van der Waals surface area contributed by atoms with Gasteiger partial charge in [0, 0.05) is 19.3 Å². The Labute approximate surface area is 96.9 Å². The third-order valence-corrected chi connectivity index (χ3v) is 2.40. The zero-order valence-corrected chi connectivity index (χ0v) is 10.3. The molecule has 0 aliphatic heterocycles. The molecule has 0 heterocycles. The highest BCUT2D eigenvalue weighted by molar-refractivity contribution is 5.53. The summed E-state index contributed by atoms with van der Waals surface area (Å²) in [5.74, 6) is 0. The molecule has 16 heavy (non-hydrogen) atoms. The molecule has 3 heteroatoms. The topological polar surface area (TPSA) is 47.3 Å². The molecular formula is C13H18N2O. The third-order valence-electron chi connectivity index (χ3n) is 2.40. The number of hydrogen-bond donors (Lipinski definition) is 1. The Morgan fingerprint density at radius 2 is 2.06 bits per heavy atom. The Balaban J connectivity index is 2.90. The van der Waals surface area contributed by atoms with Gasteiger partial charge in [0.25, 0.3) is 0 Å². The van der Waals surface area contributed by atoms with Crippen LogP contribution >= 0.6 is 0 Å². The summed E-state index contributed by atoms with van der Waals surface area (Å²) in [6.07, 6.45) is 0. The summed E-state index contributed by atoms with van der Waals surface area (Å²) in [5, 5.41) is 18.6. The lowest BCUT2D eigenvalue weighted by atomic mass is 10.1. The lowest BCUT2D eigenvalue weighted by molar-refractivity contribution is 0.0886. The predicted octanol–water partition coefficient (Wildman–Crippen LogP) is 2.07. The predicted molar refractivity (Wildman–Crippen MR) is 65.5 cm³/mol. The summed E-state index contributed by atoms with van der Waals surface area (Å²) in [5.41, 5.74) is 1.94. The molecule has 0 radical (unpaired) electrons. The van der Waals surface area contributed by atoms with E-state index in [2.05, 4.69) is 6.07 Å². The number of hydrogen-bond acceptors (Lipinski definition) is 3. The molecule has 0 aliphatic rings. The highest BCUT2D eigenvalue weighted by atomic mass is 16.3. The second-order valence-electron chi connectivity index (χ2n) is 4.78. The number of benzene rings is 1. The molecule has 0 bridgehead atoms. The normalized spacial score (nSPS) is 11.0. The number of aliphatic hydroxyl groups is 1. The van der Waals surface area contributed by atoms with Crippen molar-refractivity contribution >= 4 is 5.69 Å². The maximum absolute atomic E-state index is 9.73. The van der Waals surface area contributed by atoms with Crippen LogP contribution in [0.4, 0.5) is 5.69 Å². The molecule has 0 spiro atoms. The summed E-state index contributed by atoms with van der Waals surface area (Å²) < 4.78 is 0. The molecule has 0 atom stereocenters. The molecular weight excluding hydrogens is 200 g/mol. The number of rotatable bonds is 3. The summed E-state index contributed by atoms with van der Waals surface area (Å²) in [7, 11) is 1.93. The molecule has 3 nitrogen and oxygen atoms in total. The van der Waals surface area contributed by atoms with E-state index in [0.717, 1.165) is 11.3 Å². The van der Waals surface area contributed by atoms with Gasteiger partial charge in [0.1, 0.15) is 0 Å². The van der Waals surface area contributed by atoms with Crippen LogP contribution in [0.15, 0.2) is 18.2 Å². The molecule has 1 N–H and O–H groups in total. The van der Waals surface area contributed by atoms with E-state index >= 15 is 0 Å². The van der Waals surface area contributed by atoms with Gasteiger partial charge >= 0.3 is 0 Å². The first-order chi connectivity index (χ1) is 7.33. The van der Waals surface area contributed by atoms with Crippen molar-refractivity contribution in [2.75, 3.05) is 18.5 Å². The third kappa shape index (κ3) is 3.25. The number of nitriles is 1. The minimum atomic E-state index is -0.726. The summed E-state index contributed by atoms with van der Waals surface area (Å²) in [6.45, 7) is 6.03. The largest absolute Gasteiger partial charge is 0.389 e. The Hall–Kier alpha value is -1.53. The highest BCUT2D eigenvalue weighted by Gasteiger charge is 2.16. The second-order valence-corrected chi connectivity index (χ2v) is 4.78. The zero-order chi connectivity index (χ0) is 12.3. The minimum Gasteiger partial charge on any atom is -0.389 e. The van der Waals surface area contributed by atoms with Crippen LogP contribution in [0, 0.1) is 18.3 Å². The van der Waals surface area contributed by atoms with E-state index < -0.39 is 5.60 Å². The first-order valence-corrected chi connectivity index (χ1v) is 5.28. The van der Waals surface area contributed by atoms with Crippen molar-refractivity contribution < 1.29 is 5.11 Å². The van der Waals surface area contributed by atoms with Crippen molar-refractivity contribution in [1.29, 1.82) is 5.26 Å². The van der Waals surface area contributed by atoms with Gasteiger partial charge < -0.3 is 10.0 Å². The van der Waals surface area contributed by atoms with Gasteiger partial charge in [0.2, 0.25) is 0 Å². The van der Waals surface area contributed by atoms with Crippen LogP contribution in [0.2, 0.25) is 0 Å². The van der Waals surface area contributed by atoms with Gasteiger partial charge in [0.15, 0.2) is 0 Å². The molecule has 0 aromatic heterocycles. The average Bonchev–Trinajstić information content (AvgIpc) is 2.15. The van der Waals surface area contributed by atoms with Crippen LogP contribution in [0.1, 0.15) is 25.0 Å². The van der Waals surface area contributed by atoms with Gasteiger partial charge in [-0.05, 0) is 44.5 Å². The van der Waals surface area contributed by atoms with E-state index in [1.165, 1.54) is 0 Å². The van der Waals surface area contributed by atoms with E-state index in [-0.39, 0.29) is 0 Å². The molecule has 1 aromatic rings. The lowest BCUT2D eigenvalue weighted by Crippen LogP contribution is -2.36. The van der Waals surface area contributed by atoms with Crippen LogP contribution < -0.4 is 4.90 Å². The van der Waals surface area contributed by atoms with Gasteiger partial charge in [-0.2, -0.15) is 5.26 Å². The van der Waals surface area contributed by atoms with Gasteiger partial charge in [0.05, 0.1) is 17.2 Å². The summed E-state index contributed by atoms with van der Waals surface area (Å²) >= 11 is 0. The molecule has 1 rings (SSSR count). The first-order valence-electron chi connectivity index (χ1n) is 5.28. The summed E-state index contributed by atoms with van der Waals surface area (Å²) in [6, 6.07) is 7.82. The standard InChI is InChI=1S/C13H18N2O/c1-10-7-12(6-5-11(10)8-14)15(4)9-13(2,3)16/h5-7,16H,9H2,1-4H3. The fourth-order valence-electron chi connectivity index (χ4n) is 1.68. The zero-order valence-electron chi connectivity index (χ0n) is 10.3. The van der Waals surface area contributed by atoms with Crippen LogP contribution in [-0.2, 0) is 0 Å². The fourth-order valence-corrected chi connectivity index (χ4v) is 1.68. The number of aryl methyl sites for hydroxylation is 1. The average molecular weight is 218 g/mol. The van der Waals surface area contributed by atoms with Gasteiger partial charge in [-0.25, -0.2) is 0 Å². The van der Waals surface area contributed by atoms with Crippen molar-refractivity contribution in [2.45, 2.75) is 26.4 Å². The molecule has 0 saturated carbocycles. The first kappa shape index (κ1) is 12.5. The second kappa shape index (κ2) is 4.54. The van der Waals surface area contributed by atoms with Gasteiger partial charge in [-0.1, -0.05) is 0 Å². The van der Waals surface area contributed by atoms with E-state index in [9.17, 15) is 5.11 Å². The molecule has 0 fully saturated rings. The highest BCUT2D eigenvalue weighted by Crippen LogP contribution is 2.19. The smallest absolute Gasteiger partial charge is 0.0994 e. The van der Waals surface area contributed by atoms with Crippen molar-refractivity contribution in [3.8, 4) is 6.07 Å². The number of anilines is 1. The Kier molecular flexibility index (Phi) is 3.56. The molecule has 86 valence electrons. The van der Waals surface area contributed by atoms with Gasteiger partial charge in [-0.3, -0.25) is 0 Å². The van der Waals surface area contributed by atoms with E-state index in [1.54, 1.807) is 13.8 Å². The Morgan fingerprint density at radius 3 is 2.50 bits per heavy atom. The SMILES string of the molecule is Cc1cc(N(C)CC(C)(C)O)ccc1C#N. The van der Waals surface area contributed by atoms with Crippen LogP contribution in [0.5, 0.6) is 0 Å². The van der Waals surface area contributed by atoms with Crippen LogP contribution in [0.25, 0.3) is 0 Å². The quantitative estimate of drug-likeness (QED) is 0.845. The molecule has 1 aromatic carbocycles. The number of likely N-dealkylation sites (N-methyl/N-ethyl adjacent to an activating group) is 1. The maximum Gasteiger partial charge on any atom is 0.0994 e. The van der Waals surface area contributed by atoms with Crippen molar-refractivity contribution in [2.24, 2.45) is 0 Å². The van der Waals surface area contributed by atoms with Crippen molar-refractivity contribution in [1.82, 2.24) is 0 Å². The molecule has 0 saturated heterocycles. The minimum absolute atomic E-state index is 0.554. The monoisotopic (exact) mass is 218 g/mol. The van der Waals surface area contributed by atoms with Crippen LogP contribution in [0.3, 0.4) is 0 Å². The van der Waals surface area contributed by atoms with Crippen LogP contribution in [-0.4, -0.2) is 24.3 Å². The Morgan fingerprint density at radius 1 is 1.44 bits per heavy atom.